The average molecular weight is 815 g/mol. The van der Waals surface area contributed by atoms with Crippen LogP contribution in [0.3, 0.4) is 0 Å². The molecule has 0 aromatic rings. The molecule has 5 aliphatic rings. The number of hydrogen-bond acceptors (Lipinski definition) is 7. The number of carbonyl (C=O) groups excluding carboxylic acids is 1. The van der Waals surface area contributed by atoms with Crippen molar-refractivity contribution in [2.75, 3.05) is 6.61 Å². The van der Waals surface area contributed by atoms with Crippen molar-refractivity contribution in [1.29, 1.82) is 0 Å². The second-order valence-corrected chi connectivity index (χ2v) is 21.1. The number of unbranched alkanes of at least 4 members (excludes halogenated alkanes) is 12. The number of carbonyl (C=O) groups is 1. The van der Waals surface area contributed by atoms with E-state index < -0.39 is 30.7 Å². The van der Waals surface area contributed by atoms with Crippen molar-refractivity contribution in [3.05, 3.63) is 11.6 Å². The molecule has 0 amide bonds. The molecule has 0 spiro atoms. The Bertz CT molecular complexity index is 1250. The number of esters is 1. The maximum absolute atomic E-state index is 12.6. The summed E-state index contributed by atoms with van der Waals surface area (Å²) >= 11 is 0. The molecule has 336 valence electrons. The molecule has 0 aromatic carbocycles. The first-order valence-corrected chi connectivity index (χ1v) is 25.0. The van der Waals surface area contributed by atoms with Crippen molar-refractivity contribution in [1.82, 2.24) is 0 Å². The molecule has 1 heterocycles. The number of rotatable bonds is 24. The zero-order valence-corrected chi connectivity index (χ0v) is 38.4. The Labute approximate surface area is 355 Å². The summed E-state index contributed by atoms with van der Waals surface area (Å²) in [6.45, 7) is 17.0. The van der Waals surface area contributed by atoms with E-state index in [9.17, 15) is 20.1 Å². The minimum atomic E-state index is -1.44. The van der Waals surface area contributed by atoms with Crippen molar-refractivity contribution in [2.24, 2.45) is 52.3 Å². The van der Waals surface area contributed by atoms with Crippen LogP contribution in [0.1, 0.15) is 209 Å². The van der Waals surface area contributed by atoms with Gasteiger partial charge >= 0.3 is 5.97 Å². The molecule has 3 saturated carbocycles. The van der Waals surface area contributed by atoms with E-state index in [0.29, 0.717) is 17.8 Å². The highest BCUT2D eigenvalue weighted by Crippen LogP contribution is 2.67. The molecule has 3 N–H and O–H groups in total. The van der Waals surface area contributed by atoms with Gasteiger partial charge < -0.3 is 29.5 Å². The molecule has 4 aliphatic carbocycles. The van der Waals surface area contributed by atoms with Crippen LogP contribution in [0.15, 0.2) is 11.6 Å². The van der Waals surface area contributed by atoms with Crippen LogP contribution in [0, 0.1) is 52.3 Å². The Morgan fingerprint density at radius 2 is 1.45 bits per heavy atom. The largest absolute Gasteiger partial charge is 0.463 e. The predicted octanol–water partition coefficient (Wildman–Crippen LogP) is 11.9. The molecule has 0 radical (unpaired) electrons. The summed E-state index contributed by atoms with van der Waals surface area (Å²) in [7, 11) is 0. The van der Waals surface area contributed by atoms with Crippen LogP contribution in [0.25, 0.3) is 0 Å². The summed E-state index contributed by atoms with van der Waals surface area (Å²) in [5.74, 6) is 5.24. The Hall–Kier alpha value is -0.990. The summed E-state index contributed by atoms with van der Waals surface area (Å²) < 4.78 is 18.0. The van der Waals surface area contributed by atoms with Gasteiger partial charge in [-0.25, -0.2) is 0 Å². The Balaban J connectivity index is 1.04. The van der Waals surface area contributed by atoms with Crippen LogP contribution < -0.4 is 0 Å². The summed E-state index contributed by atoms with van der Waals surface area (Å²) in [6, 6.07) is 0. The molecule has 1 aliphatic heterocycles. The molecule has 5 rings (SSSR count). The fourth-order valence-electron chi connectivity index (χ4n) is 13.3. The molecule has 7 nitrogen and oxygen atoms in total. The van der Waals surface area contributed by atoms with Crippen LogP contribution in [0.5, 0.6) is 0 Å². The monoisotopic (exact) mass is 815 g/mol. The molecular formula is C51H90O7. The van der Waals surface area contributed by atoms with E-state index in [-0.39, 0.29) is 24.1 Å². The summed E-state index contributed by atoms with van der Waals surface area (Å²) in [6.07, 6.45) is 26.1. The molecule has 0 bridgehead atoms. The fraction of sp³-hybridized carbons (Fsp3) is 0.941. The third-order valence-electron chi connectivity index (χ3n) is 17.2. The Morgan fingerprint density at radius 1 is 0.793 bits per heavy atom. The topological polar surface area (TPSA) is 105 Å². The second-order valence-electron chi connectivity index (χ2n) is 21.1. The van der Waals surface area contributed by atoms with Gasteiger partial charge in [-0.05, 0) is 116 Å². The highest BCUT2D eigenvalue weighted by molar-refractivity contribution is 5.69. The molecule has 58 heavy (non-hydrogen) atoms. The van der Waals surface area contributed by atoms with Gasteiger partial charge in [0, 0.05) is 6.42 Å². The van der Waals surface area contributed by atoms with Gasteiger partial charge in [0.15, 0.2) is 6.29 Å². The highest BCUT2D eigenvalue weighted by Gasteiger charge is 2.59. The van der Waals surface area contributed by atoms with E-state index in [2.05, 4.69) is 54.5 Å². The van der Waals surface area contributed by atoms with E-state index in [1.54, 1.807) is 0 Å². The second kappa shape index (κ2) is 22.9. The summed E-state index contributed by atoms with van der Waals surface area (Å²) in [5, 5.41) is 32.5. The SMILES string of the molecule is CCCCCCCCCCCCCCCC(=O)OCC1OC(OC2CC[C@@]3(C)C(=CCC4C5CCC(C(C)CCC(CC)C(C)C)[C@@]5(C)CCC43)C2)C(O)C(O)C1O. The predicted molar refractivity (Wildman–Crippen MR) is 235 cm³/mol. The first-order chi connectivity index (χ1) is 27.8. The first kappa shape index (κ1) is 48.0. The van der Waals surface area contributed by atoms with Gasteiger partial charge in [0.05, 0.1) is 6.10 Å². The van der Waals surface area contributed by atoms with E-state index in [0.717, 1.165) is 80.5 Å². The van der Waals surface area contributed by atoms with Crippen molar-refractivity contribution in [3.8, 4) is 0 Å². The van der Waals surface area contributed by atoms with Crippen LogP contribution in [0.4, 0.5) is 0 Å². The maximum atomic E-state index is 12.6. The van der Waals surface area contributed by atoms with Crippen LogP contribution >= 0.6 is 0 Å². The molecular weight excluding hydrogens is 725 g/mol. The minimum Gasteiger partial charge on any atom is -0.463 e. The molecule has 12 unspecified atom stereocenters. The minimum absolute atomic E-state index is 0.139. The van der Waals surface area contributed by atoms with Gasteiger partial charge in [0.1, 0.15) is 31.0 Å². The van der Waals surface area contributed by atoms with Crippen LogP contribution in [0.2, 0.25) is 0 Å². The number of fused-ring (bicyclic) bond motifs is 5. The molecule has 0 aromatic heterocycles. The maximum Gasteiger partial charge on any atom is 0.305 e. The molecule has 4 fully saturated rings. The van der Waals surface area contributed by atoms with Crippen molar-refractivity contribution in [3.63, 3.8) is 0 Å². The van der Waals surface area contributed by atoms with Crippen molar-refractivity contribution < 1.29 is 34.3 Å². The average Bonchev–Trinajstić information content (AvgIpc) is 3.56. The van der Waals surface area contributed by atoms with E-state index >= 15 is 0 Å². The Kier molecular flexibility index (Phi) is 19.0. The van der Waals surface area contributed by atoms with E-state index in [1.807, 2.05) is 0 Å². The Morgan fingerprint density at radius 3 is 2.09 bits per heavy atom. The van der Waals surface area contributed by atoms with Crippen LogP contribution in [-0.4, -0.2) is 64.7 Å². The van der Waals surface area contributed by atoms with Gasteiger partial charge in [0.2, 0.25) is 0 Å². The third-order valence-corrected chi connectivity index (χ3v) is 17.2. The molecule has 1 saturated heterocycles. The summed E-state index contributed by atoms with van der Waals surface area (Å²) in [4.78, 5) is 12.6. The lowest BCUT2D eigenvalue weighted by Crippen LogP contribution is -2.60. The lowest BCUT2D eigenvalue weighted by atomic mass is 9.47. The van der Waals surface area contributed by atoms with Crippen molar-refractivity contribution >= 4 is 5.97 Å². The lowest BCUT2D eigenvalue weighted by molar-refractivity contribution is -0.313. The standard InChI is InChI=1S/C51H90O7/c1-8-10-11-12-13-14-15-16-17-18-19-20-21-22-45(52)56-34-44-46(53)47(54)48(55)49(58-44)57-39-29-31-50(6)38(33-39)25-26-40-42-28-27-41(51(42,7)32-30-43(40)50)36(5)23-24-37(9-2)35(3)4/h25,35-37,39-44,46-49,53-55H,8-24,26-34H2,1-7H3/t36?,37?,39?,40?,41?,42?,43?,44?,46?,47?,48?,49?,50-,51+/m0/s1. The summed E-state index contributed by atoms with van der Waals surface area (Å²) in [5.41, 5.74) is 2.13. The number of hydrogen-bond donors (Lipinski definition) is 3. The molecule has 7 heteroatoms. The third kappa shape index (κ3) is 11.9. The van der Waals surface area contributed by atoms with Gasteiger partial charge in [0.25, 0.3) is 0 Å². The van der Waals surface area contributed by atoms with E-state index in [1.165, 1.54) is 115 Å². The lowest BCUT2D eigenvalue weighted by Gasteiger charge is -2.58. The smallest absolute Gasteiger partial charge is 0.305 e. The number of ether oxygens (including phenoxy) is 3. The van der Waals surface area contributed by atoms with Crippen molar-refractivity contribution in [2.45, 2.75) is 246 Å². The van der Waals surface area contributed by atoms with Gasteiger partial charge in [-0.3, -0.25) is 4.79 Å². The number of allylic oxidation sites excluding steroid dienone is 1. The van der Waals surface area contributed by atoms with E-state index in [4.69, 9.17) is 14.2 Å². The fourth-order valence-corrected chi connectivity index (χ4v) is 13.3. The van der Waals surface area contributed by atoms with Gasteiger partial charge in [-0.1, -0.05) is 150 Å². The van der Waals surface area contributed by atoms with Crippen LogP contribution in [-0.2, 0) is 19.0 Å². The quantitative estimate of drug-likeness (QED) is 0.0506. The number of aliphatic hydroxyl groups excluding tert-OH is 3. The first-order valence-electron chi connectivity index (χ1n) is 25.0. The highest BCUT2D eigenvalue weighted by atomic mass is 16.7. The normalized spacial score (nSPS) is 37.1. The molecule has 14 atom stereocenters. The zero-order valence-electron chi connectivity index (χ0n) is 38.4. The zero-order chi connectivity index (χ0) is 41.9. The van der Waals surface area contributed by atoms with Gasteiger partial charge in [-0.2, -0.15) is 0 Å². The number of aliphatic hydroxyl groups is 3. The van der Waals surface area contributed by atoms with Gasteiger partial charge in [-0.15, -0.1) is 0 Å².